The van der Waals surface area contributed by atoms with Gasteiger partial charge >= 0.3 is 5.97 Å². The number of likely N-dealkylation sites (tertiary alicyclic amines) is 1. The summed E-state index contributed by atoms with van der Waals surface area (Å²) < 4.78 is 0. The van der Waals surface area contributed by atoms with Gasteiger partial charge in [-0.1, -0.05) is 0 Å². The van der Waals surface area contributed by atoms with E-state index in [0.29, 0.717) is 37.1 Å². The quantitative estimate of drug-likeness (QED) is 0.136. The zero-order valence-electron chi connectivity index (χ0n) is 22.1. The maximum Gasteiger partial charge on any atom is 0.326 e. The Morgan fingerprint density at radius 2 is 1.88 bits per heavy atom. The van der Waals surface area contributed by atoms with Crippen molar-refractivity contribution in [2.45, 2.75) is 44.3 Å². The number of carboxylic acid groups (broad SMARTS) is 1. The van der Waals surface area contributed by atoms with Crippen molar-refractivity contribution in [2.75, 3.05) is 30.0 Å². The summed E-state index contributed by atoms with van der Waals surface area (Å²) >= 11 is 0. The minimum atomic E-state index is -1.32. The van der Waals surface area contributed by atoms with Gasteiger partial charge in [-0.2, -0.15) is 9.97 Å². The van der Waals surface area contributed by atoms with Crippen LogP contribution in [0.1, 0.15) is 41.7 Å². The van der Waals surface area contributed by atoms with Crippen LogP contribution in [0.2, 0.25) is 0 Å². The topological polar surface area (TPSA) is 243 Å². The Morgan fingerprint density at radius 3 is 2.56 bits per heavy atom. The van der Waals surface area contributed by atoms with Gasteiger partial charge in [0.2, 0.25) is 11.9 Å². The third-order valence-corrected chi connectivity index (χ3v) is 6.71. The number of aliphatic carboxylic acids is 1. The lowest BCUT2D eigenvalue weighted by Gasteiger charge is -2.24. The van der Waals surface area contributed by atoms with Crippen LogP contribution in [0.5, 0.6) is 0 Å². The molecule has 0 spiro atoms. The van der Waals surface area contributed by atoms with E-state index >= 15 is 0 Å². The lowest BCUT2D eigenvalue weighted by atomic mass is 10.1. The Kier molecular flexibility index (Phi) is 8.72. The average Bonchev–Trinajstić information content (AvgIpc) is 3.45. The van der Waals surface area contributed by atoms with E-state index < -0.39 is 35.8 Å². The molecule has 0 bridgehead atoms. The van der Waals surface area contributed by atoms with Crippen LogP contribution in [-0.2, 0) is 20.9 Å². The smallest absolute Gasteiger partial charge is 0.326 e. The molecule has 3 aromatic rings. The Morgan fingerprint density at radius 1 is 1.15 bits per heavy atom. The second-order valence-electron chi connectivity index (χ2n) is 9.53. The number of carboxylic acids is 1. The summed E-state index contributed by atoms with van der Waals surface area (Å²) in [5.41, 5.74) is 15.2. The Hall–Kier alpha value is -5.12. The molecule has 1 aromatic carbocycles. The van der Waals surface area contributed by atoms with E-state index in [4.69, 9.17) is 16.7 Å². The van der Waals surface area contributed by atoms with Crippen LogP contribution in [0.15, 0.2) is 30.5 Å². The molecule has 41 heavy (non-hydrogen) atoms. The minimum Gasteiger partial charge on any atom is -0.480 e. The summed E-state index contributed by atoms with van der Waals surface area (Å²) in [5.74, 6) is -2.90. The number of carbonyl (C=O) groups is 4. The monoisotopic (exact) mass is 566 g/mol. The van der Waals surface area contributed by atoms with Crippen LogP contribution in [0, 0.1) is 0 Å². The summed E-state index contributed by atoms with van der Waals surface area (Å²) in [6.45, 7) is 0.679. The first kappa shape index (κ1) is 28.9. The van der Waals surface area contributed by atoms with Crippen molar-refractivity contribution < 1.29 is 29.5 Å². The largest absolute Gasteiger partial charge is 0.480 e. The Labute approximate surface area is 233 Å². The van der Waals surface area contributed by atoms with Crippen molar-refractivity contribution in [2.24, 2.45) is 0 Å². The van der Waals surface area contributed by atoms with E-state index in [0.717, 1.165) is 5.69 Å². The summed E-state index contributed by atoms with van der Waals surface area (Å²) in [6, 6.07) is 4.37. The molecule has 16 heteroatoms. The predicted molar refractivity (Wildman–Crippen MR) is 145 cm³/mol. The first-order chi connectivity index (χ1) is 19.6. The molecule has 2 atom stereocenters. The number of nitrogen functional groups attached to an aromatic ring is 2. The third kappa shape index (κ3) is 6.73. The molecule has 0 radical (unpaired) electrons. The maximum atomic E-state index is 12.8. The maximum absolute atomic E-state index is 12.8. The van der Waals surface area contributed by atoms with Crippen molar-refractivity contribution >= 4 is 52.3 Å². The molecule has 8 N–H and O–H groups in total. The van der Waals surface area contributed by atoms with E-state index in [2.05, 4.69) is 25.3 Å². The molecule has 1 aliphatic rings. The molecule has 3 amide bonds. The van der Waals surface area contributed by atoms with Gasteiger partial charge in [0, 0.05) is 31.3 Å². The van der Waals surface area contributed by atoms with Gasteiger partial charge in [0.05, 0.1) is 18.4 Å². The summed E-state index contributed by atoms with van der Waals surface area (Å²) in [7, 11) is 1.82. The highest BCUT2D eigenvalue weighted by molar-refractivity contribution is 5.97. The van der Waals surface area contributed by atoms with Crippen LogP contribution in [0.25, 0.3) is 11.2 Å². The number of anilines is 3. The fourth-order valence-corrected chi connectivity index (χ4v) is 4.58. The van der Waals surface area contributed by atoms with Crippen molar-refractivity contribution in [1.82, 2.24) is 35.6 Å². The van der Waals surface area contributed by atoms with Crippen molar-refractivity contribution in [3.05, 3.63) is 41.7 Å². The first-order valence-corrected chi connectivity index (χ1v) is 12.7. The highest BCUT2D eigenvalue weighted by Crippen LogP contribution is 2.21. The van der Waals surface area contributed by atoms with Crippen LogP contribution >= 0.6 is 0 Å². The zero-order chi connectivity index (χ0) is 29.7. The van der Waals surface area contributed by atoms with Gasteiger partial charge in [0.1, 0.15) is 12.1 Å². The van der Waals surface area contributed by atoms with Gasteiger partial charge in [-0.3, -0.25) is 19.6 Å². The molecule has 4 rings (SSSR count). The van der Waals surface area contributed by atoms with E-state index in [1.54, 1.807) is 35.9 Å². The predicted octanol–water partition coefficient (Wildman–Crippen LogP) is -0.320. The summed E-state index contributed by atoms with van der Waals surface area (Å²) in [5, 5.41) is 20.9. The van der Waals surface area contributed by atoms with Gasteiger partial charge < -0.3 is 31.7 Å². The summed E-state index contributed by atoms with van der Waals surface area (Å²) in [4.78, 5) is 68.7. The molecule has 1 saturated heterocycles. The standard InChI is InChI=1S/C25H30N10O6/c1-34(12-14-11-28-21-19(29-14)20(26)31-25(27)32-21)15-6-4-13(5-7-15)22(37)30-16(24(39)40)8-9-18(36)35-10-2-3-17(35)23(38)33-41/h4-7,11,16-17,41H,2-3,8-10,12H2,1H3,(H,30,37)(H,33,38)(H,39,40)(H4,26,27,28,31,32)/t16-,17-/m0/s1. The fraction of sp³-hybridized carbons (Fsp3) is 0.360. The average molecular weight is 567 g/mol. The molecule has 16 nitrogen and oxygen atoms in total. The van der Waals surface area contributed by atoms with Crippen LogP contribution < -0.4 is 27.2 Å². The van der Waals surface area contributed by atoms with E-state index in [9.17, 15) is 24.3 Å². The molecule has 216 valence electrons. The van der Waals surface area contributed by atoms with Crippen molar-refractivity contribution in [1.29, 1.82) is 0 Å². The number of nitrogens with two attached hydrogens (primary N) is 2. The Balaban J connectivity index is 1.35. The second-order valence-corrected chi connectivity index (χ2v) is 9.53. The molecule has 0 saturated carbocycles. The molecule has 2 aromatic heterocycles. The van der Waals surface area contributed by atoms with Crippen LogP contribution in [0.3, 0.4) is 0 Å². The molecular formula is C25H30N10O6. The highest BCUT2D eigenvalue weighted by atomic mass is 16.5. The van der Waals surface area contributed by atoms with E-state index in [1.165, 1.54) is 4.90 Å². The van der Waals surface area contributed by atoms with E-state index in [-0.39, 0.29) is 35.8 Å². The number of amides is 3. The molecule has 1 fully saturated rings. The van der Waals surface area contributed by atoms with Gasteiger partial charge in [-0.25, -0.2) is 20.2 Å². The summed E-state index contributed by atoms with van der Waals surface area (Å²) in [6.07, 6.45) is 2.17. The van der Waals surface area contributed by atoms with Crippen molar-refractivity contribution in [3.8, 4) is 0 Å². The molecule has 0 aliphatic carbocycles. The number of hydrogen-bond donors (Lipinski definition) is 6. The SMILES string of the molecule is CN(Cc1cnc2nc(N)nc(N)c2n1)c1ccc(C(=O)N[C@@H](CCC(=O)N2CCC[C@H]2C(=O)NO)C(=O)O)cc1. The lowest BCUT2D eigenvalue weighted by molar-refractivity contribution is -0.143. The van der Waals surface area contributed by atoms with Crippen LogP contribution in [0.4, 0.5) is 17.5 Å². The minimum absolute atomic E-state index is 0.00591. The Bertz CT molecular complexity index is 1470. The molecular weight excluding hydrogens is 536 g/mol. The number of carbonyl (C=O) groups excluding carboxylic acids is 3. The first-order valence-electron chi connectivity index (χ1n) is 12.7. The number of aromatic nitrogens is 4. The number of nitrogens with one attached hydrogen (secondary N) is 2. The van der Waals surface area contributed by atoms with Gasteiger partial charge in [0.15, 0.2) is 17.0 Å². The number of rotatable bonds is 10. The zero-order valence-corrected chi connectivity index (χ0v) is 22.1. The van der Waals surface area contributed by atoms with Crippen LogP contribution in [-0.4, -0.2) is 84.5 Å². The number of nitrogens with zero attached hydrogens (tertiary/aromatic N) is 6. The third-order valence-electron chi connectivity index (χ3n) is 6.71. The molecule has 3 heterocycles. The normalized spacial score (nSPS) is 15.4. The van der Waals surface area contributed by atoms with Crippen molar-refractivity contribution in [3.63, 3.8) is 0 Å². The lowest BCUT2D eigenvalue weighted by Crippen LogP contribution is -2.46. The second kappa shape index (κ2) is 12.4. The number of fused-ring (bicyclic) bond motifs is 1. The highest BCUT2D eigenvalue weighted by Gasteiger charge is 2.34. The molecule has 1 aliphatic heterocycles. The van der Waals surface area contributed by atoms with Gasteiger partial charge in [0.25, 0.3) is 11.8 Å². The number of hydroxylamine groups is 1. The number of benzene rings is 1. The van der Waals surface area contributed by atoms with E-state index in [1.807, 2.05) is 11.9 Å². The fourth-order valence-electron chi connectivity index (χ4n) is 4.58. The number of hydrogen-bond acceptors (Lipinski definition) is 12. The van der Waals surface area contributed by atoms with Gasteiger partial charge in [-0.15, -0.1) is 0 Å². The van der Waals surface area contributed by atoms with Gasteiger partial charge in [-0.05, 0) is 43.5 Å². The molecule has 0 unspecified atom stereocenters.